The third-order valence-electron chi connectivity index (χ3n) is 1.62. The lowest BCUT2D eigenvalue weighted by Gasteiger charge is -2.07. The van der Waals surface area contributed by atoms with Crippen molar-refractivity contribution in [2.45, 2.75) is 6.43 Å². The van der Waals surface area contributed by atoms with Crippen LogP contribution in [0.15, 0.2) is 6.07 Å². The lowest BCUT2D eigenvalue weighted by molar-refractivity contribution is 0.151. The van der Waals surface area contributed by atoms with Crippen molar-refractivity contribution in [3.8, 4) is 11.9 Å². The van der Waals surface area contributed by atoms with Crippen LogP contribution in [0.2, 0.25) is 0 Å². The highest BCUT2D eigenvalue weighted by atomic mass is 19.3. The molecule has 0 atom stereocenters. The van der Waals surface area contributed by atoms with Crippen molar-refractivity contribution in [2.75, 3.05) is 12.8 Å². The highest BCUT2D eigenvalue weighted by Gasteiger charge is 2.17. The molecule has 4 nitrogen and oxygen atoms in total. The number of aromatic nitrogens is 1. The molecule has 1 aromatic rings. The minimum absolute atomic E-state index is 0.0500. The standard InChI is InChI=1S/C8H7F2N3O/c1-14-6-2-4(8(9)10)7(12)5(3-11)13-6/h2,8H,12H2,1H3. The summed E-state index contributed by atoms with van der Waals surface area (Å²) in [5, 5.41) is 8.55. The molecule has 0 aliphatic rings. The summed E-state index contributed by atoms with van der Waals surface area (Å²) >= 11 is 0. The van der Waals surface area contributed by atoms with Gasteiger partial charge in [-0.2, -0.15) is 5.26 Å². The van der Waals surface area contributed by atoms with Gasteiger partial charge in [-0.15, -0.1) is 0 Å². The second kappa shape index (κ2) is 3.87. The first-order chi connectivity index (χ1) is 6.60. The number of nitriles is 1. The maximum absolute atomic E-state index is 12.4. The van der Waals surface area contributed by atoms with E-state index in [1.807, 2.05) is 0 Å². The predicted molar refractivity (Wildman–Crippen MR) is 44.9 cm³/mol. The van der Waals surface area contributed by atoms with Gasteiger partial charge in [-0.1, -0.05) is 0 Å². The minimum atomic E-state index is -2.75. The number of nitrogen functional groups attached to an aromatic ring is 1. The van der Waals surface area contributed by atoms with Crippen LogP contribution in [0.1, 0.15) is 17.7 Å². The predicted octanol–water partition coefficient (Wildman–Crippen LogP) is 1.48. The van der Waals surface area contributed by atoms with Crippen LogP contribution in [0.25, 0.3) is 0 Å². The Morgan fingerprint density at radius 2 is 2.29 bits per heavy atom. The van der Waals surface area contributed by atoms with Gasteiger partial charge in [0.25, 0.3) is 6.43 Å². The van der Waals surface area contributed by atoms with Crippen molar-refractivity contribution >= 4 is 5.69 Å². The zero-order valence-corrected chi connectivity index (χ0v) is 7.29. The van der Waals surface area contributed by atoms with Crippen LogP contribution < -0.4 is 10.5 Å². The van der Waals surface area contributed by atoms with Crippen molar-refractivity contribution in [3.63, 3.8) is 0 Å². The summed E-state index contributed by atoms with van der Waals surface area (Å²) < 4.78 is 29.4. The molecule has 14 heavy (non-hydrogen) atoms. The molecule has 1 rings (SSSR count). The lowest BCUT2D eigenvalue weighted by atomic mass is 10.2. The van der Waals surface area contributed by atoms with E-state index in [9.17, 15) is 8.78 Å². The summed E-state index contributed by atoms with van der Waals surface area (Å²) in [7, 11) is 1.27. The Bertz CT molecular complexity index is 387. The highest BCUT2D eigenvalue weighted by molar-refractivity contribution is 5.57. The number of methoxy groups -OCH3 is 1. The number of halogens is 2. The van der Waals surface area contributed by atoms with Gasteiger partial charge in [0.05, 0.1) is 12.8 Å². The molecule has 2 N–H and O–H groups in total. The maximum Gasteiger partial charge on any atom is 0.266 e. The SMILES string of the molecule is COc1cc(C(F)F)c(N)c(C#N)n1. The summed E-state index contributed by atoms with van der Waals surface area (Å²) in [5.74, 6) is -0.0500. The maximum atomic E-state index is 12.4. The molecule has 0 radical (unpaired) electrons. The molecule has 74 valence electrons. The van der Waals surface area contributed by atoms with Crippen LogP contribution in [-0.2, 0) is 0 Å². The number of rotatable bonds is 2. The third kappa shape index (κ3) is 1.71. The van der Waals surface area contributed by atoms with Gasteiger partial charge in [0.1, 0.15) is 6.07 Å². The fourth-order valence-corrected chi connectivity index (χ4v) is 0.921. The fourth-order valence-electron chi connectivity index (χ4n) is 0.921. The molecule has 0 amide bonds. The lowest BCUT2D eigenvalue weighted by Crippen LogP contribution is -2.02. The number of hydrogen-bond acceptors (Lipinski definition) is 4. The van der Waals surface area contributed by atoms with Crippen LogP contribution in [0.5, 0.6) is 5.88 Å². The van der Waals surface area contributed by atoms with Crippen molar-refractivity contribution in [2.24, 2.45) is 0 Å². The monoisotopic (exact) mass is 199 g/mol. The summed E-state index contributed by atoms with van der Waals surface area (Å²) in [6.07, 6.45) is -2.75. The largest absolute Gasteiger partial charge is 0.481 e. The molecule has 1 heterocycles. The number of pyridine rings is 1. The van der Waals surface area contributed by atoms with Crippen molar-refractivity contribution in [1.29, 1.82) is 5.26 Å². The van der Waals surface area contributed by atoms with Gasteiger partial charge in [-0.3, -0.25) is 0 Å². The van der Waals surface area contributed by atoms with E-state index in [1.54, 1.807) is 6.07 Å². The zero-order valence-electron chi connectivity index (χ0n) is 7.29. The molecule has 0 bridgehead atoms. The first-order valence-electron chi connectivity index (χ1n) is 3.62. The first-order valence-corrected chi connectivity index (χ1v) is 3.62. The number of alkyl halides is 2. The summed E-state index contributed by atoms with van der Waals surface area (Å²) in [5.41, 5.74) is 4.31. The van der Waals surface area contributed by atoms with Gasteiger partial charge in [0, 0.05) is 11.6 Å². The molecule has 0 fully saturated rings. The quantitative estimate of drug-likeness (QED) is 0.782. The van der Waals surface area contributed by atoms with E-state index in [1.165, 1.54) is 7.11 Å². The Labute approximate surface area is 78.9 Å². The third-order valence-corrected chi connectivity index (χ3v) is 1.62. The Morgan fingerprint density at radius 1 is 1.64 bits per heavy atom. The number of ether oxygens (including phenoxy) is 1. The second-order valence-electron chi connectivity index (χ2n) is 2.43. The molecular weight excluding hydrogens is 192 g/mol. The Morgan fingerprint density at radius 3 is 2.71 bits per heavy atom. The second-order valence-corrected chi connectivity index (χ2v) is 2.43. The van der Waals surface area contributed by atoms with E-state index in [0.29, 0.717) is 0 Å². The fraction of sp³-hybridized carbons (Fsp3) is 0.250. The molecule has 0 aromatic carbocycles. The van der Waals surface area contributed by atoms with Crippen molar-refractivity contribution in [1.82, 2.24) is 4.98 Å². The van der Waals surface area contributed by atoms with Gasteiger partial charge >= 0.3 is 0 Å². The normalized spacial score (nSPS) is 9.93. The highest BCUT2D eigenvalue weighted by Crippen LogP contribution is 2.29. The van der Waals surface area contributed by atoms with E-state index in [2.05, 4.69) is 9.72 Å². The summed E-state index contributed by atoms with van der Waals surface area (Å²) in [6, 6.07) is 2.63. The minimum Gasteiger partial charge on any atom is -0.481 e. The zero-order chi connectivity index (χ0) is 10.7. The Hall–Kier alpha value is -1.90. The summed E-state index contributed by atoms with van der Waals surface area (Å²) in [6.45, 7) is 0. The average molecular weight is 199 g/mol. The summed E-state index contributed by atoms with van der Waals surface area (Å²) in [4.78, 5) is 3.61. The molecule has 1 aromatic heterocycles. The van der Waals surface area contributed by atoms with E-state index in [4.69, 9.17) is 11.0 Å². The molecule has 0 saturated heterocycles. The number of hydrogen-bond donors (Lipinski definition) is 1. The Balaban J connectivity index is 3.36. The molecule has 0 unspecified atom stereocenters. The van der Waals surface area contributed by atoms with Gasteiger partial charge < -0.3 is 10.5 Å². The first kappa shape index (κ1) is 10.2. The molecule has 0 aliphatic heterocycles. The topological polar surface area (TPSA) is 71.9 Å². The molecule has 0 spiro atoms. The van der Waals surface area contributed by atoms with E-state index in [-0.39, 0.29) is 17.3 Å². The van der Waals surface area contributed by atoms with E-state index >= 15 is 0 Å². The Kier molecular flexibility index (Phi) is 2.82. The number of anilines is 1. The van der Waals surface area contributed by atoms with Gasteiger partial charge in [-0.05, 0) is 0 Å². The molecule has 0 saturated carbocycles. The van der Waals surface area contributed by atoms with Gasteiger partial charge in [0.15, 0.2) is 5.69 Å². The number of nitrogens with two attached hydrogens (primary N) is 1. The number of nitrogens with zero attached hydrogens (tertiary/aromatic N) is 2. The molecule has 0 aliphatic carbocycles. The smallest absolute Gasteiger partial charge is 0.266 e. The van der Waals surface area contributed by atoms with Crippen LogP contribution in [0.3, 0.4) is 0 Å². The van der Waals surface area contributed by atoms with Crippen molar-refractivity contribution < 1.29 is 13.5 Å². The van der Waals surface area contributed by atoms with Gasteiger partial charge in [0.2, 0.25) is 5.88 Å². The molecule has 6 heteroatoms. The van der Waals surface area contributed by atoms with Crippen LogP contribution in [0.4, 0.5) is 14.5 Å². The van der Waals surface area contributed by atoms with Crippen molar-refractivity contribution in [3.05, 3.63) is 17.3 Å². The molecular formula is C8H7F2N3O. The van der Waals surface area contributed by atoms with E-state index < -0.39 is 12.0 Å². The van der Waals surface area contributed by atoms with Crippen LogP contribution in [-0.4, -0.2) is 12.1 Å². The van der Waals surface area contributed by atoms with E-state index in [0.717, 1.165) is 6.07 Å². The van der Waals surface area contributed by atoms with Gasteiger partial charge in [-0.25, -0.2) is 13.8 Å². The average Bonchev–Trinajstić information content (AvgIpc) is 2.17. The van der Waals surface area contributed by atoms with Crippen LogP contribution >= 0.6 is 0 Å². The van der Waals surface area contributed by atoms with Crippen LogP contribution in [0, 0.1) is 11.3 Å².